The number of unbranched alkanes of at least 4 members (excludes halogenated alkanes) is 1. The average Bonchev–Trinajstić information content (AvgIpc) is 2.66. The van der Waals surface area contributed by atoms with Crippen molar-refractivity contribution in [3.8, 4) is 0 Å². The predicted octanol–water partition coefficient (Wildman–Crippen LogP) is 0.191. The van der Waals surface area contributed by atoms with Gasteiger partial charge in [0.15, 0.2) is 0 Å². The van der Waals surface area contributed by atoms with E-state index in [0.29, 0.717) is 12.5 Å². The van der Waals surface area contributed by atoms with Gasteiger partial charge in [0, 0.05) is 6.61 Å². The second-order valence-electron chi connectivity index (χ2n) is 6.20. The largest absolute Gasteiger partial charge is 0.394 e. The highest BCUT2D eigenvalue weighted by atomic mass is 17.2. The molecular formula is C17H36O9. The van der Waals surface area contributed by atoms with Crippen LogP contribution in [0.15, 0.2) is 0 Å². The third-order valence-electron chi connectivity index (χ3n) is 3.68. The summed E-state index contributed by atoms with van der Waals surface area (Å²) < 4.78 is 5.69. The second kappa shape index (κ2) is 18.0. The van der Waals surface area contributed by atoms with Gasteiger partial charge in [-0.2, -0.15) is 0 Å². The zero-order chi connectivity index (χ0) is 19.6. The maximum absolute atomic E-state index is 9.24. The molecule has 158 valence electrons. The van der Waals surface area contributed by atoms with Gasteiger partial charge in [-0.15, -0.1) is 0 Å². The summed E-state index contributed by atoms with van der Waals surface area (Å²) in [6.45, 7) is 3.82. The van der Waals surface area contributed by atoms with Crippen LogP contribution in [0.3, 0.4) is 0 Å². The lowest BCUT2D eigenvalue weighted by Gasteiger charge is -2.20. The highest BCUT2D eigenvalue weighted by Crippen LogP contribution is 2.13. The molecule has 0 spiro atoms. The van der Waals surface area contributed by atoms with Crippen LogP contribution in [0.4, 0.5) is 0 Å². The summed E-state index contributed by atoms with van der Waals surface area (Å²) in [7, 11) is 0. The van der Waals surface area contributed by atoms with Crippen LogP contribution in [0.25, 0.3) is 0 Å². The van der Waals surface area contributed by atoms with E-state index < -0.39 is 31.5 Å². The predicted molar refractivity (Wildman–Crippen MR) is 93.0 cm³/mol. The lowest BCUT2D eigenvalue weighted by molar-refractivity contribution is -0.378. The maximum Gasteiger partial charge on any atom is 0.143 e. The molecule has 0 rings (SSSR count). The van der Waals surface area contributed by atoms with Gasteiger partial charge in [0.2, 0.25) is 0 Å². The van der Waals surface area contributed by atoms with E-state index in [0.717, 1.165) is 25.7 Å². The second-order valence-corrected chi connectivity index (χ2v) is 6.20. The Hall–Kier alpha value is -0.360. The van der Waals surface area contributed by atoms with Gasteiger partial charge < -0.3 is 25.2 Å². The van der Waals surface area contributed by atoms with E-state index in [1.165, 1.54) is 0 Å². The number of ether oxygens (including phenoxy) is 1. The van der Waals surface area contributed by atoms with Crippen LogP contribution in [0.2, 0.25) is 0 Å². The Balaban J connectivity index is 4.16. The van der Waals surface area contributed by atoms with Gasteiger partial charge in [-0.3, -0.25) is 0 Å². The molecule has 0 fully saturated rings. The fourth-order valence-electron chi connectivity index (χ4n) is 1.94. The number of hydrogen-bond acceptors (Lipinski definition) is 9. The van der Waals surface area contributed by atoms with Crippen LogP contribution < -0.4 is 0 Å². The van der Waals surface area contributed by atoms with Gasteiger partial charge in [-0.1, -0.05) is 33.1 Å². The summed E-state index contributed by atoms with van der Waals surface area (Å²) >= 11 is 0. The normalized spacial score (nSPS) is 16.4. The van der Waals surface area contributed by atoms with Gasteiger partial charge in [0.1, 0.15) is 38.1 Å². The van der Waals surface area contributed by atoms with E-state index >= 15 is 0 Å². The van der Waals surface area contributed by atoms with Crippen LogP contribution in [0.5, 0.6) is 0 Å². The molecule has 26 heavy (non-hydrogen) atoms. The first-order valence-electron chi connectivity index (χ1n) is 9.25. The smallest absolute Gasteiger partial charge is 0.143 e. The van der Waals surface area contributed by atoms with E-state index in [4.69, 9.17) is 39.6 Å². The molecule has 0 aliphatic heterocycles. The first kappa shape index (κ1) is 25.6. The quantitative estimate of drug-likeness (QED) is 0.140. The molecule has 4 atom stereocenters. The molecule has 0 amide bonds. The van der Waals surface area contributed by atoms with Crippen molar-refractivity contribution in [3.63, 3.8) is 0 Å². The van der Waals surface area contributed by atoms with Crippen LogP contribution in [0.1, 0.15) is 39.5 Å². The molecule has 0 aliphatic rings. The highest BCUT2D eigenvalue weighted by Gasteiger charge is 2.16. The standard InChI is InChI=1S/C17H36O9/c1-3-5-6-14(4-2)9-22-12-17(26-25-11-16(21)8-19)13-24-23-10-15(20)7-18/h14-21H,3-13H2,1-2H3. The minimum Gasteiger partial charge on any atom is -0.394 e. The Kier molecular flexibility index (Phi) is 17.8. The molecule has 9 heteroatoms. The van der Waals surface area contributed by atoms with Crippen molar-refractivity contribution in [2.45, 2.75) is 57.8 Å². The van der Waals surface area contributed by atoms with Gasteiger partial charge in [-0.05, 0) is 12.3 Å². The SMILES string of the molecule is CCCCC(CC)COCC(COOCC(O)CO)OOCC(O)CO. The zero-order valence-corrected chi connectivity index (χ0v) is 15.9. The third kappa shape index (κ3) is 14.8. The molecule has 4 N–H and O–H groups in total. The minimum atomic E-state index is -1.04. The molecule has 0 heterocycles. The summed E-state index contributed by atoms with van der Waals surface area (Å²) in [6.07, 6.45) is 1.77. The van der Waals surface area contributed by atoms with Gasteiger partial charge in [0.05, 0.1) is 19.8 Å². The Morgan fingerprint density at radius 2 is 1.38 bits per heavy atom. The maximum atomic E-state index is 9.24. The molecule has 0 aliphatic carbocycles. The molecule has 0 aromatic heterocycles. The number of aliphatic hydroxyl groups is 4. The van der Waals surface area contributed by atoms with Gasteiger partial charge in [0.25, 0.3) is 0 Å². The fourth-order valence-corrected chi connectivity index (χ4v) is 1.94. The number of rotatable bonds is 19. The summed E-state index contributed by atoms with van der Waals surface area (Å²) in [5.41, 5.74) is 0. The van der Waals surface area contributed by atoms with E-state index in [1.54, 1.807) is 0 Å². The van der Waals surface area contributed by atoms with Crippen molar-refractivity contribution < 1.29 is 44.7 Å². The van der Waals surface area contributed by atoms with E-state index in [2.05, 4.69) is 13.8 Å². The molecule has 9 nitrogen and oxygen atoms in total. The highest BCUT2D eigenvalue weighted by molar-refractivity contribution is 4.58. The van der Waals surface area contributed by atoms with Crippen molar-refractivity contribution >= 4 is 0 Å². The van der Waals surface area contributed by atoms with E-state index in [1.807, 2.05) is 0 Å². The minimum absolute atomic E-state index is 0.0287. The average molecular weight is 384 g/mol. The Bertz CT molecular complexity index is 293. The lowest BCUT2D eigenvalue weighted by Crippen LogP contribution is -2.30. The molecule has 0 aromatic rings. The Morgan fingerprint density at radius 1 is 0.769 bits per heavy atom. The Morgan fingerprint density at radius 3 is 1.96 bits per heavy atom. The number of aliphatic hydroxyl groups excluding tert-OH is 4. The molecule has 0 radical (unpaired) electrons. The topological polar surface area (TPSA) is 127 Å². The van der Waals surface area contributed by atoms with Crippen molar-refractivity contribution in [1.29, 1.82) is 0 Å². The van der Waals surface area contributed by atoms with Crippen molar-refractivity contribution in [3.05, 3.63) is 0 Å². The van der Waals surface area contributed by atoms with Crippen LogP contribution >= 0.6 is 0 Å². The van der Waals surface area contributed by atoms with Crippen molar-refractivity contribution in [2.75, 3.05) is 46.2 Å². The fraction of sp³-hybridized carbons (Fsp3) is 1.00. The molecular weight excluding hydrogens is 348 g/mol. The Labute approximate surface area is 155 Å². The lowest BCUT2D eigenvalue weighted by atomic mass is 10.0. The van der Waals surface area contributed by atoms with Crippen molar-refractivity contribution in [2.24, 2.45) is 5.92 Å². The number of hydrogen-bond donors (Lipinski definition) is 4. The monoisotopic (exact) mass is 384 g/mol. The van der Waals surface area contributed by atoms with Crippen LogP contribution in [-0.4, -0.2) is 85.0 Å². The molecule has 0 aromatic carbocycles. The molecule has 0 saturated heterocycles. The molecule has 4 unspecified atom stereocenters. The first-order chi connectivity index (χ1) is 12.6. The summed E-state index contributed by atoms with van der Waals surface area (Å²) in [5.74, 6) is 0.476. The molecule has 0 saturated carbocycles. The van der Waals surface area contributed by atoms with Crippen LogP contribution in [0, 0.1) is 5.92 Å². The van der Waals surface area contributed by atoms with Crippen LogP contribution in [-0.2, 0) is 24.3 Å². The third-order valence-corrected chi connectivity index (χ3v) is 3.68. The van der Waals surface area contributed by atoms with E-state index in [9.17, 15) is 5.11 Å². The van der Waals surface area contributed by atoms with Crippen molar-refractivity contribution in [1.82, 2.24) is 0 Å². The summed E-state index contributed by atoms with van der Waals surface area (Å²) in [5, 5.41) is 35.9. The summed E-state index contributed by atoms with van der Waals surface area (Å²) in [4.78, 5) is 19.7. The summed E-state index contributed by atoms with van der Waals surface area (Å²) in [6, 6.07) is 0. The van der Waals surface area contributed by atoms with E-state index in [-0.39, 0.29) is 26.4 Å². The zero-order valence-electron chi connectivity index (χ0n) is 15.9. The van der Waals surface area contributed by atoms with Gasteiger partial charge in [-0.25, -0.2) is 19.6 Å². The first-order valence-corrected chi connectivity index (χ1v) is 9.25. The molecule has 0 bridgehead atoms. The van der Waals surface area contributed by atoms with Gasteiger partial charge >= 0.3 is 0 Å².